The molecule has 512 valence electrons. The Bertz CT molecular complexity index is 3140. The number of alkyl halides is 12. The summed E-state index contributed by atoms with van der Waals surface area (Å²) in [6.07, 6.45) is -7.68. The van der Waals surface area contributed by atoms with Gasteiger partial charge in [0.1, 0.15) is 22.5 Å². The van der Waals surface area contributed by atoms with E-state index in [-0.39, 0.29) is 55.1 Å². The Hall–Kier alpha value is -6.24. The summed E-state index contributed by atoms with van der Waals surface area (Å²) in [4.78, 5) is 34.4. The van der Waals surface area contributed by atoms with E-state index in [1.165, 1.54) is 37.1 Å². The van der Waals surface area contributed by atoms with Crippen LogP contribution in [0.25, 0.3) is 0 Å². The average Bonchev–Trinajstić information content (AvgIpc) is 1.59. The third-order valence-corrected chi connectivity index (χ3v) is 24.2. The van der Waals surface area contributed by atoms with E-state index >= 15 is 0 Å². The van der Waals surface area contributed by atoms with E-state index < -0.39 is 98.1 Å². The van der Waals surface area contributed by atoms with E-state index in [0.717, 1.165) is 82.1 Å². The lowest BCUT2D eigenvalue weighted by Crippen LogP contribution is -2.32. The van der Waals surface area contributed by atoms with Crippen LogP contribution in [-0.2, 0) is 24.7 Å². The molecular weight excluding hydrogens is 1280 g/mol. The molecule has 8 bridgehead atoms. The molecule has 0 aliphatic carbocycles. The summed E-state index contributed by atoms with van der Waals surface area (Å²) in [6.45, 7) is 15.2. The number of hydrogen-bond acceptors (Lipinski definition) is 13. The maximum absolute atomic E-state index is 13.0. The Morgan fingerprint density at radius 1 is 0.522 bits per heavy atom. The maximum atomic E-state index is 13.0. The molecule has 0 aromatic heterocycles. The number of nitrogens with zero attached hydrogens (tertiary/aromatic N) is 6. The normalized spacial score (nSPS) is 26.7. The number of aliphatic hydroxyl groups is 2. The Morgan fingerprint density at radius 3 is 1.14 bits per heavy atom. The maximum Gasteiger partial charge on any atom is 0.423 e. The van der Waals surface area contributed by atoms with Gasteiger partial charge in [0.15, 0.2) is 7.38 Å². The van der Waals surface area contributed by atoms with Crippen LogP contribution in [0.3, 0.4) is 0 Å². The molecule has 0 radical (unpaired) electrons. The molecule has 12 atom stereocenters. The number of anilines is 4. The SMILES string of the molecule is C.CC(C)(C)[Si](C)(C)Cl.CC1CC2CCC1N2c1ccc(N)c(C(F)(F)F)c1.CC1CC2CCC1N2c1ccc([N+](=O)[O-])c(C(F)(F)F)c1.O=[N+]([O-])c1ccc(F)cc1C(F)(F)F.O=[N+]([O-])c1ccc(N2C3CCC2C(O)C3)cc1C(F)(F)F.OC1CC2CCC1N2. The number of aliphatic hydroxyl groups excluding tert-OH is 2. The summed E-state index contributed by atoms with van der Waals surface area (Å²) in [5.41, 5.74) is -1.04. The molecule has 12 rings (SSSR count). The molecule has 4 aromatic rings. The molecule has 12 unspecified atom stereocenters. The topological polar surface area (TPSA) is 218 Å². The van der Waals surface area contributed by atoms with Crippen molar-refractivity contribution < 1.29 is 82.1 Å². The number of fused-ring (bicyclic) bond motifs is 8. The predicted octanol–water partition coefficient (Wildman–Crippen LogP) is 16.9. The number of nitrogen functional groups attached to an aromatic ring is 1. The Labute approximate surface area is 529 Å². The van der Waals surface area contributed by atoms with Gasteiger partial charge in [-0.25, -0.2) is 4.39 Å². The van der Waals surface area contributed by atoms with Gasteiger partial charge >= 0.3 is 24.7 Å². The molecule has 8 heterocycles. The highest BCUT2D eigenvalue weighted by Gasteiger charge is 2.50. The number of benzene rings is 4. The van der Waals surface area contributed by atoms with Crippen molar-refractivity contribution in [1.29, 1.82) is 0 Å². The third kappa shape index (κ3) is 17.2. The van der Waals surface area contributed by atoms with Crippen LogP contribution in [0.2, 0.25) is 18.1 Å². The second-order valence-electron chi connectivity index (χ2n) is 26.0. The van der Waals surface area contributed by atoms with Crippen molar-refractivity contribution >= 4 is 58.3 Å². The van der Waals surface area contributed by atoms with Crippen LogP contribution < -0.4 is 25.8 Å². The number of nitrogens with two attached hydrogens (primary N) is 1. The van der Waals surface area contributed by atoms with Gasteiger partial charge in [-0.15, -0.1) is 0 Å². The molecule has 8 fully saturated rings. The molecule has 92 heavy (non-hydrogen) atoms. The molecule has 4 aromatic carbocycles. The minimum absolute atomic E-state index is 0. The predicted molar refractivity (Wildman–Crippen MR) is 327 cm³/mol. The fourth-order valence-electron chi connectivity index (χ4n) is 13.5. The highest BCUT2D eigenvalue weighted by atomic mass is 35.6. The van der Waals surface area contributed by atoms with E-state index in [0.29, 0.717) is 71.0 Å². The zero-order valence-corrected chi connectivity index (χ0v) is 52.5. The van der Waals surface area contributed by atoms with Crippen LogP contribution in [0.1, 0.15) is 141 Å². The zero-order valence-electron chi connectivity index (χ0n) is 50.7. The van der Waals surface area contributed by atoms with Gasteiger partial charge in [-0.2, -0.15) is 63.8 Å². The minimum atomic E-state index is -4.93. The molecule has 0 amide bonds. The highest BCUT2D eigenvalue weighted by Crippen LogP contribution is 2.50. The van der Waals surface area contributed by atoms with E-state index in [1.54, 1.807) is 11.0 Å². The number of nitro groups is 3. The lowest BCUT2D eigenvalue weighted by atomic mass is 9.91. The largest absolute Gasteiger partial charge is 0.423 e. The number of halogens is 14. The van der Waals surface area contributed by atoms with Crippen molar-refractivity contribution in [3.05, 3.63) is 131 Å². The van der Waals surface area contributed by atoms with Crippen LogP contribution >= 0.6 is 11.1 Å². The van der Waals surface area contributed by atoms with Gasteiger partial charge < -0.3 is 36.0 Å². The minimum Gasteiger partial charge on any atom is -0.398 e. The fraction of sp³-hybridized carbons (Fsp3) is 0.607. The number of nitro benzene ring substituents is 3. The van der Waals surface area contributed by atoms with Gasteiger partial charge in [-0.3, -0.25) is 30.3 Å². The molecule has 0 saturated carbocycles. The van der Waals surface area contributed by atoms with Gasteiger partial charge in [-0.1, -0.05) is 55.1 Å². The first-order chi connectivity index (χ1) is 41.9. The molecule has 5 N–H and O–H groups in total. The molecule has 8 aliphatic rings. The van der Waals surface area contributed by atoms with Crippen molar-refractivity contribution in [3.63, 3.8) is 0 Å². The Morgan fingerprint density at radius 2 is 0.870 bits per heavy atom. The van der Waals surface area contributed by atoms with Crippen molar-refractivity contribution in [3.8, 4) is 0 Å². The monoisotopic (exact) mass is 1360 g/mol. The zero-order chi connectivity index (χ0) is 68.0. The van der Waals surface area contributed by atoms with Crippen molar-refractivity contribution in [2.45, 2.75) is 222 Å². The van der Waals surface area contributed by atoms with E-state index in [1.807, 2.05) is 4.90 Å². The second kappa shape index (κ2) is 28.4. The summed E-state index contributed by atoms with van der Waals surface area (Å²) in [7, 11) is -1.39. The Kier molecular flexibility index (Phi) is 23.1. The quantitative estimate of drug-likeness (QED) is 0.0353. The standard InChI is InChI=1S/C14H15F3N2O2.C14H17F3N2.C13H13F3N2O3.C7H3F4NO2.C6H15ClSi.C6H11NO.CH4/c1-8-6-9-2-4-12(8)18(9)10-3-5-13(19(20)21)11(7-10)14(15,16)17;1-8-6-9-3-5-13(8)19(9)10-2-4-12(18)11(7-10)14(15,16)17;14-13(15,16)9-5-7(1-3-10(9)18(20)21)17-8-2-4-11(17)12(19)6-8;8-4-1-2-6(12(13)14)5(3-4)7(9,10)11;1-6(2,3)8(4,5)7;8-6-3-4-1-2-5(6)7-4;/h3,5,7-9,12H,2,4,6H2,1H3;2,4,7-9,13H,3,5-6,18H2,1H3;1,3,5,8,11-12,19H,2,4,6H2;1-3H;1-5H3;4-8H,1-3H2;1H4. The van der Waals surface area contributed by atoms with Crippen LogP contribution in [0, 0.1) is 48.0 Å². The first-order valence-electron chi connectivity index (χ1n) is 29.7. The lowest BCUT2D eigenvalue weighted by Gasteiger charge is -2.29. The molecule has 16 nitrogen and oxygen atoms in total. The van der Waals surface area contributed by atoms with Crippen LogP contribution in [-0.4, -0.2) is 92.9 Å². The fourth-order valence-corrected chi connectivity index (χ4v) is 13.5. The molecule has 8 aliphatic heterocycles. The highest BCUT2D eigenvalue weighted by molar-refractivity contribution is 7.20. The van der Waals surface area contributed by atoms with Crippen LogP contribution in [0.15, 0.2) is 72.8 Å². The number of hydrogen-bond donors (Lipinski definition) is 4. The van der Waals surface area contributed by atoms with Gasteiger partial charge in [0.25, 0.3) is 17.1 Å². The van der Waals surface area contributed by atoms with E-state index in [4.69, 9.17) is 21.9 Å². The van der Waals surface area contributed by atoms with Crippen molar-refractivity contribution in [2.24, 2.45) is 11.8 Å². The van der Waals surface area contributed by atoms with E-state index in [2.05, 4.69) is 57.9 Å². The summed E-state index contributed by atoms with van der Waals surface area (Å²) in [5.74, 6) is -0.151. The summed E-state index contributed by atoms with van der Waals surface area (Å²) < 4.78 is 166. The first-order valence-corrected chi connectivity index (χ1v) is 33.7. The first kappa shape index (κ1) is 74.8. The molecular formula is C61H78ClF13N8O8Si. The second-order valence-corrected chi connectivity index (χ2v) is 33.3. The third-order valence-electron chi connectivity index (χ3n) is 18.9. The van der Waals surface area contributed by atoms with Crippen LogP contribution in [0.5, 0.6) is 0 Å². The van der Waals surface area contributed by atoms with E-state index in [9.17, 15) is 92.5 Å². The number of rotatable bonds is 6. The van der Waals surface area contributed by atoms with Crippen LogP contribution in [0.4, 0.5) is 96.9 Å². The summed E-state index contributed by atoms with van der Waals surface area (Å²) in [5, 5.41) is 54.4. The van der Waals surface area contributed by atoms with Gasteiger partial charge in [0.2, 0.25) is 0 Å². The molecule has 8 saturated heterocycles. The smallest absolute Gasteiger partial charge is 0.398 e. The Balaban J connectivity index is 0.000000181. The van der Waals surface area contributed by atoms with Gasteiger partial charge in [0.05, 0.1) is 38.6 Å². The number of nitrogens with one attached hydrogen (secondary N) is 1. The molecule has 0 spiro atoms. The molecule has 31 heteroatoms. The average molecular weight is 1360 g/mol. The van der Waals surface area contributed by atoms with Gasteiger partial charge in [-0.05, 0) is 149 Å². The van der Waals surface area contributed by atoms with Crippen molar-refractivity contribution in [1.82, 2.24) is 5.32 Å². The van der Waals surface area contributed by atoms with Crippen molar-refractivity contribution in [2.75, 3.05) is 20.4 Å². The summed E-state index contributed by atoms with van der Waals surface area (Å²) >= 11 is 6.15. The van der Waals surface area contributed by atoms with Gasteiger partial charge in [0, 0.05) is 83.2 Å². The summed E-state index contributed by atoms with van der Waals surface area (Å²) in [6, 6.07) is 14.1. The lowest BCUT2D eigenvalue weighted by molar-refractivity contribution is -0.388.